The van der Waals surface area contributed by atoms with E-state index in [0.717, 1.165) is 32.6 Å². The summed E-state index contributed by atoms with van der Waals surface area (Å²) in [7, 11) is 1.32. The van der Waals surface area contributed by atoms with Gasteiger partial charge in [-0.3, -0.25) is 0 Å². The molecule has 17 heavy (non-hydrogen) atoms. The third kappa shape index (κ3) is 2.58. The van der Waals surface area contributed by atoms with Gasteiger partial charge in [0.25, 0.3) is 0 Å². The van der Waals surface area contributed by atoms with Crippen LogP contribution in [0.3, 0.4) is 0 Å². The van der Waals surface area contributed by atoms with Gasteiger partial charge in [-0.2, -0.15) is 0 Å². The van der Waals surface area contributed by atoms with Crippen LogP contribution in [0.4, 0.5) is 5.82 Å². The van der Waals surface area contributed by atoms with Crippen molar-refractivity contribution in [3.8, 4) is 0 Å². The molecule has 0 amide bonds. The number of nitrogens with zero attached hydrogens (tertiary/aromatic N) is 2. The van der Waals surface area contributed by atoms with Gasteiger partial charge in [-0.1, -0.05) is 0 Å². The zero-order valence-electron chi connectivity index (χ0n) is 9.89. The molecule has 2 heterocycles. The molecule has 0 radical (unpaired) electrons. The maximum absolute atomic E-state index is 11.3. The molecular weight excluding hydrogens is 222 g/mol. The quantitative estimate of drug-likeness (QED) is 0.784. The lowest BCUT2D eigenvalue weighted by atomic mass is 10.0. The smallest absolute Gasteiger partial charge is 0.360 e. The fraction of sp³-hybridized carbons (Fsp3) is 0.636. The summed E-state index contributed by atoms with van der Waals surface area (Å²) in [6.07, 6.45) is 3.63. The van der Waals surface area contributed by atoms with Crippen LogP contribution in [-0.2, 0) is 16.0 Å². The first-order chi connectivity index (χ1) is 8.22. The number of aromatic nitrogens is 2. The Morgan fingerprint density at radius 3 is 3.00 bits per heavy atom. The molecule has 0 saturated carbocycles. The van der Waals surface area contributed by atoms with Gasteiger partial charge in [0.2, 0.25) is 0 Å². The molecule has 0 spiro atoms. The fourth-order valence-electron chi connectivity index (χ4n) is 2.00. The molecule has 1 aliphatic rings. The highest BCUT2D eigenvalue weighted by molar-refractivity contribution is 5.91. The number of rotatable bonds is 3. The molecule has 1 aromatic heterocycles. The van der Waals surface area contributed by atoms with Crippen molar-refractivity contribution < 1.29 is 14.3 Å². The number of nitrogen functional groups attached to an aromatic ring is 1. The van der Waals surface area contributed by atoms with Crippen molar-refractivity contribution >= 4 is 11.8 Å². The Labute approximate surface area is 99.7 Å². The summed E-state index contributed by atoms with van der Waals surface area (Å²) >= 11 is 0. The Hall–Kier alpha value is -1.56. The van der Waals surface area contributed by atoms with Crippen molar-refractivity contribution in [3.63, 3.8) is 0 Å². The largest absolute Gasteiger partial charge is 0.464 e. The maximum Gasteiger partial charge on any atom is 0.360 e. The number of esters is 1. The van der Waals surface area contributed by atoms with E-state index in [9.17, 15) is 4.79 Å². The first-order valence-electron chi connectivity index (χ1n) is 5.69. The molecule has 6 heteroatoms. The molecule has 1 fully saturated rings. The predicted octanol–water partition coefficient (Wildman–Crippen LogP) is 0.679. The number of carbonyl (C=O) groups is 1. The van der Waals surface area contributed by atoms with E-state index < -0.39 is 5.97 Å². The molecule has 2 N–H and O–H groups in total. The molecule has 1 saturated heterocycles. The predicted molar refractivity (Wildman–Crippen MR) is 61.5 cm³/mol. The van der Waals surface area contributed by atoms with Crippen LogP contribution in [0.25, 0.3) is 0 Å². The van der Waals surface area contributed by atoms with Crippen molar-refractivity contribution in [1.29, 1.82) is 0 Å². The third-order valence-corrected chi connectivity index (χ3v) is 3.05. The zero-order chi connectivity index (χ0) is 12.3. The summed E-state index contributed by atoms with van der Waals surface area (Å²) in [5, 5.41) is 0. The van der Waals surface area contributed by atoms with E-state index in [1.165, 1.54) is 7.11 Å². The number of carbonyl (C=O) groups excluding carboxylic acids is 1. The minimum Gasteiger partial charge on any atom is -0.464 e. The summed E-state index contributed by atoms with van der Waals surface area (Å²) in [4.78, 5) is 15.3. The van der Waals surface area contributed by atoms with Crippen molar-refractivity contribution in [3.05, 3.63) is 12.0 Å². The van der Waals surface area contributed by atoms with Crippen molar-refractivity contribution in [1.82, 2.24) is 9.55 Å². The van der Waals surface area contributed by atoms with E-state index >= 15 is 0 Å². The number of methoxy groups -OCH3 is 1. The number of nitrogens with two attached hydrogens (primary N) is 1. The van der Waals surface area contributed by atoms with Gasteiger partial charge < -0.3 is 19.8 Å². The molecule has 0 aromatic carbocycles. The van der Waals surface area contributed by atoms with Gasteiger partial charge in [0.1, 0.15) is 5.82 Å². The Morgan fingerprint density at radius 1 is 1.65 bits per heavy atom. The molecule has 1 aromatic rings. The SMILES string of the molecule is COC(=O)c1ncn(CC2CCOCC2)c1N. The number of anilines is 1. The summed E-state index contributed by atoms with van der Waals surface area (Å²) < 4.78 is 11.7. The first-order valence-corrected chi connectivity index (χ1v) is 5.69. The van der Waals surface area contributed by atoms with Gasteiger partial charge in [-0.15, -0.1) is 0 Å². The average molecular weight is 239 g/mol. The van der Waals surface area contributed by atoms with Crippen LogP contribution in [0.1, 0.15) is 23.3 Å². The monoisotopic (exact) mass is 239 g/mol. The molecule has 0 aliphatic carbocycles. The van der Waals surface area contributed by atoms with Crippen molar-refractivity contribution in [2.75, 3.05) is 26.1 Å². The van der Waals surface area contributed by atoms with Gasteiger partial charge in [0, 0.05) is 19.8 Å². The maximum atomic E-state index is 11.3. The molecular formula is C11H17N3O3. The van der Waals surface area contributed by atoms with Crippen LogP contribution in [0.15, 0.2) is 6.33 Å². The molecule has 2 rings (SSSR count). The van der Waals surface area contributed by atoms with Crippen LogP contribution in [0, 0.1) is 5.92 Å². The number of imidazole rings is 1. The molecule has 0 bridgehead atoms. The van der Waals surface area contributed by atoms with E-state index in [0.29, 0.717) is 11.7 Å². The van der Waals surface area contributed by atoms with E-state index in [1.54, 1.807) is 6.33 Å². The highest BCUT2D eigenvalue weighted by Gasteiger charge is 2.19. The molecule has 0 atom stereocenters. The molecule has 94 valence electrons. The second-order valence-electron chi connectivity index (χ2n) is 4.18. The molecule has 1 aliphatic heterocycles. The lowest BCUT2D eigenvalue weighted by Crippen LogP contribution is -2.21. The van der Waals surface area contributed by atoms with Gasteiger partial charge in [0.05, 0.1) is 13.4 Å². The van der Waals surface area contributed by atoms with Gasteiger partial charge in [-0.25, -0.2) is 9.78 Å². The first kappa shape index (κ1) is 11.9. The third-order valence-electron chi connectivity index (χ3n) is 3.05. The van der Waals surface area contributed by atoms with Crippen molar-refractivity contribution in [2.24, 2.45) is 5.92 Å². The second-order valence-corrected chi connectivity index (χ2v) is 4.18. The lowest BCUT2D eigenvalue weighted by molar-refractivity contribution is 0.0592. The van der Waals surface area contributed by atoms with Gasteiger partial charge in [0.15, 0.2) is 5.69 Å². The van der Waals surface area contributed by atoms with Gasteiger partial charge >= 0.3 is 5.97 Å². The average Bonchev–Trinajstić information content (AvgIpc) is 2.72. The minimum absolute atomic E-state index is 0.194. The second kappa shape index (κ2) is 5.18. The Balaban J connectivity index is 2.06. The van der Waals surface area contributed by atoms with Crippen LogP contribution >= 0.6 is 0 Å². The zero-order valence-corrected chi connectivity index (χ0v) is 9.89. The summed E-state index contributed by atoms with van der Waals surface area (Å²) in [6, 6.07) is 0. The van der Waals surface area contributed by atoms with E-state index in [4.69, 9.17) is 10.5 Å². The van der Waals surface area contributed by atoms with E-state index in [-0.39, 0.29) is 5.69 Å². The standard InChI is InChI=1S/C11H17N3O3/c1-16-11(15)9-10(12)14(7-13-9)6-8-2-4-17-5-3-8/h7-8H,2-6,12H2,1H3. The number of hydrogen-bond acceptors (Lipinski definition) is 5. The van der Waals surface area contributed by atoms with E-state index in [1.807, 2.05) is 4.57 Å². The van der Waals surface area contributed by atoms with E-state index in [2.05, 4.69) is 9.72 Å². The highest BCUT2D eigenvalue weighted by Crippen LogP contribution is 2.20. The Bertz CT molecular complexity index is 397. The minimum atomic E-state index is -0.492. The fourth-order valence-corrected chi connectivity index (χ4v) is 2.00. The Kier molecular flexibility index (Phi) is 3.63. The summed E-state index contributed by atoms with van der Waals surface area (Å²) in [5.74, 6) is 0.419. The topological polar surface area (TPSA) is 79.4 Å². The summed E-state index contributed by atoms with van der Waals surface area (Å²) in [5.41, 5.74) is 6.06. The van der Waals surface area contributed by atoms with Crippen LogP contribution < -0.4 is 5.73 Å². The van der Waals surface area contributed by atoms with Crippen LogP contribution in [0.5, 0.6) is 0 Å². The van der Waals surface area contributed by atoms with Crippen LogP contribution in [0.2, 0.25) is 0 Å². The van der Waals surface area contributed by atoms with Gasteiger partial charge in [-0.05, 0) is 18.8 Å². The number of ether oxygens (including phenoxy) is 2. The van der Waals surface area contributed by atoms with Crippen LogP contribution in [-0.4, -0.2) is 35.8 Å². The normalized spacial score (nSPS) is 17.0. The molecule has 6 nitrogen and oxygen atoms in total. The van der Waals surface area contributed by atoms with Crippen molar-refractivity contribution in [2.45, 2.75) is 19.4 Å². The Morgan fingerprint density at radius 2 is 2.35 bits per heavy atom. The highest BCUT2D eigenvalue weighted by atomic mass is 16.5. The number of hydrogen-bond donors (Lipinski definition) is 1. The molecule has 0 unspecified atom stereocenters. The lowest BCUT2D eigenvalue weighted by Gasteiger charge is -2.22. The summed E-state index contributed by atoms with van der Waals surface area (Å²) in [6.45, 7) is 2.37.